The molecule has 3 rings (SSSR count). The summed E-state index contributed by atoms with van der Waals surface area (Å²) in [4.78, 5) is 31.7. The molecule has 0 bridgehead atoms. The molecule has 0 saturated heterocycles. The summed E-state index contributed by atoms with van der Waals surface area (Å²) in [5, 5.41) is 13.6. The summed E-state index contributed by atoms with van der Waals surface area (Å²) in [6.45, 7) is 6.70. The zero-order valence-electron chi connectivity index (χ0n) is 16.0. The van der Waals surface area contributed by atoms with Gasteiger partial charge in [-0.15, -0.1) is 21.5 Å². The lowest BCUT2D eigenvalue weighted by Crippen LogP contribution is -2.41. The molecular weight excluding hydrogens is 396 g/mol. The van der Waals surface area contributed by atoms with E-state index in [2.05, 4.69) is 20.5 Å². The zero-order valence-corrected chi connectivity index (χ0v) is 17.6. The molecule has 0 radical (unpaired) electrons. The summed E-state index contributed by atoms with van der Waals surface area (Å²) < 4.78 is 1.83. The lowest BCUT2D eigenvalue weighted by atomic mass is 10.3. The molecular formula is C18H22N6O2S2. The fraction of sp³-hybridized carbons (Fsp3) is 0.389. The van der Waals surface area contributed by atoms with Crippen LogP contribution >= 0.6 is 23.1 Å². The molecule has 8 nitrogen and oxygen atoms in total. The number of nitrogens with zero attached hydrogens (tertiary/aromatic N) is 5. The number of thioether (sulfide) groups is 1. The predicted octanol–water partition coefficient (Wildman–Crippen LogP) is 2.06. The number of aromatic nitrogens is 4. The number of rotatable bonds is 8. The normalized spacial score (nSPS) is 11.0. The van der Waals surface area contributed by atoms with Gasteiger partial charge < -0.3 is 10.2 Å². The molecule has 0 saturated carbocycles. The molecule has 3 aromatic rings. The smallest absolute Gasteiger partial charge is 0.256 e. The number of carbonyl (C=O) groups excluding carboxylic acids is 2. The molecule has 2 amide bonds. The Bertz CT molecular complexity index is 970. The highest BCUT2D eigenvalue weighted by molar-refractivity contribution is 7.99. The number of hydrogen-bond donors (Lipinski definition) is 1. The van der Waals surface area contributed by atoms with Crippen LogP contribution in [0.15, 0.2) is 28.7 Å². The minimum atomic E-state index is -0.169. The van der Waals surface area contributed by atoms with Gasteiger partial charge in [0.25, 0.3) is 5.78 Å². The minimum absolute atomic E-state index is 0.0433. The van der Waals surface area contributed by atoms with E-state index in [4.69, 9.17) is 0 Å². The van der Waals surface area contributed by atoms with Gasteiger partial charge in [0.05, 0.1) is 18.8 Å². The molecule has 0 fully saturated rings. The second-order valence-electron chi connectivity index (χ2n) is 6.21. The van der Waals surface area contributed by atoms with Crippen molar-refractivity contribution in [3.8, 4) is 0 Å². The van der Waals surface area contributed by atoms with Crippen LogP contribution in [0.4, 0.5) is 0 Å². The van der Waals surface area contributed by atoms with Crippen LogP contribution in [-0.4, -0.2) is 55.1 Å². The average Bonchev–Trinajstić information content (AvgIpc) is 3.32. The molecule has 1 N–H and O–H groups in total. The van der Waals surface area contributed by atoms with E-state index in [9.17, 15) is 9.59 Å². The maximum absolute atomic E-state index is 12.6. The minimum Gasteiger partial charge on any atom is -0.350 e. The van der Waals surface area contributed by atoms with Gasteiger partial charge in [0.15, 0.2) is 5.16 Å². The number of aryl methyl sites for hydroxylation is 2. The largest absolute Gasteiger partial charge is 0.350 e. The van der Waals surface area contributed by atoms with Crippen molar-refractivity contribution in [2.45, 2.75) is 32.5 Å². The molecule has 28 heavy (non-hydrogen) atoms. The molecule has 0 aromatic carbocycles. The Labute approximate surface area is 171 Å². The highest BCUT2D eigenvalue weighted by atomic mass is 32.2. The van der Waals surface area contributed by atoms with Gasteiger partial charge in [0.1, 0.15) is 0 Å². The second-order valence-corrected chi connectivity index (χ2v) is 8.18. The van der Waals surface area contributed by atoms with Crippen molar-refractivity contribution in [2.75, 3.05) is 18.8 Å². The van der Waals surface area contributed by atoms with Crippen molar-refractivity contribution >= 4 is 40.7 Å². The van der Waals surface area contributed by atoms with Crippen LogP contribution in [0.1, 0.15) is 23.2 Å². The van der Waals surface area contributed by atoms with E-state index in [1.807, 2.05) is 48.8 Å². The van der Waals surface area contributed by atoms with Crippen molar-refractivity contribution < 1.29 is 9.59 Å². The Morgan fingerprint density at radius 1 is 1.32 bits per heavy atom. The van der Waals surface area contributed by atoms with Crippen LogP contribution in [-0.2, 0) is 16.1 Å². The van der Waals surface area contributed by atoms with E-state index in [0.717, 1.165) is 16.3 Å². The van der Waals surface area contributed by atoms with E-state index in [-0.39, 0.29) is 24.1 Å². The van der Waals surface area contributed by atoms with Gasteiger partial charge in [-0.25, -0.2) is 4.98 Å². The van der Waals surface area contributed by atoms with Crippen LogP contribution in [0.25, 0.3) is 5.78 Å². The van der Waals surface area contributed by atoms with E-state index in [0.29, 0.717) is 24.0 Å². The first kappa shape index (κ1) is 20.3. The Morgan fingerprint density at radius 3 is 2.86 bits per heavy atom. The number of likely N-dealkylation sites (N-methyl/N-ethyl adjacent to an activating group) is 1. The lowest BCUT2D eigenvalue weighted by Gasteiger charge is -2.20. The van der Waals surface area contributed by atoms with Crippen molar-refractivity contribution in [2.24, 2.45) is 0 Å². The molecule has 0 spiro atoms. The number of hydrogen-bond acceptors (Lipinski definition) is 7. The number of amides is 2. The van der Waals surface area contributed by atoms with Gasteiger partial charge in [-0.05, 0) is 38.3 Å². The van der Waals surface area contributed by atoms with Crippen molar-refractivity contribution in [1.82, 2.24) is 29.8 Å². The van der Waals surface area contributed by atoms with Gasteiger partial charge in [0, 0.05) is 22.8 Å². The van der Waals surface area contributed by atoms with Crippen LogP contribution < -0.4 is 5.32 Å². The van der Waals surface area contributed by atoms with E-state index in [1.54, 1.807) is 11.3 Å². The molecule has 148 valence electrons. The van der Waals surface area contributed by atoms with Gasteiger partial charge in [0.2, 0.25) is 11.8 Å². The molecule has 0 aliphatic rings. The summed E-state index contributed by atoms with van der Waals surface area (Å²) in [5.74, 6) is 0.415. The number of carbonyl (C=O) groups is 2. The highest BCUT2D eigenvalue weighted by Gasteiger charge is 2.18. The monoisotopic (exact) mass is 418 g/mol. The Kier molecular flexibility index (Phi) is 6.63. The van der Waals surface area contributed by atoms with E-state index < -0.39 is 0 Å². The standard InChI is InChI=1S/C18H22N6O2S2/c1-4-23(10-15(25)19-9-14-6-5-7-27-14)16(26)11-28-18-22-21-17-20-12(2)8-13(3)24(17)18/h5-8H,4,9-11H2,1-3H3,(H,19,25). The summed E-state index contributed by atoms with van der Waals surface area (Å²) >= 11 is 2.88. The van der Waals surface area contributed by atoms with Gasteiger partial charge >= 0.3 is 0 Å². The fourth-order valence-electron chi connectivity index (χ4n) is 2.72. The predicted molar refractivity (Wildman–Crippen MR) is 109 cm³/mol. The molecule has 3 aromatic heterocycles. The van der Waals surface area contributed by atoms with Gasteiger partial charge in [-0.3, -0.25) is 14.0 Å². The second kappa shape index (κ2) is 9.16. The lowest BCUT2D eigenvalue weighted by molar-refractivity contribution is -0.133. The highest BCUT2D eigenvalue weighted by Crippen LogP contribution is 2.19. The first-order chi connectivity index (χ1) is 13.5. The number of nitrogens with one attached hydrogen (secondary N) is 1. The van der Waals surface area contributed by atoms with Gasteiger partial charge in [-0.2, -0.15) is 0 Å². The van der Waals surface area contributed by atoms with Crippen LogP contribution in [0.3, 0.4) is 0 Å². The van der Waals surface area contributed by atoms with Crippen LogP contribution in [0.5, 0.6) is 0 Å². The first-order valence-corrected chi connectivity index (χ1v) is 10.7. The maximum atomic E-state index is 12.6. The summed E-state index contributed by atoms with van der Waals surface area (Å²) in [7, 11) is 0. The average molecular weight is 419 g/mol. The molecule has 0 atom stereocenters. The third kappa shape index (κ3) is 4.87. The van der Waals surface area contributed by atoms with Gasteiger partial charge in [-0.1, -0.05) is 17.8 Å². The SMILES string of the molecule is CCN(CC(=O)NCc1cccs1)C(=O)CSc1nnc2nc(C)cc(C)n12. The fourth-order valence-corrected chi connectivity index (χ4v) is 4.25. The summed E-state index contributed by atoms with van der Waals surface area (Å²) in [5.41, 5.74) is 1.83. The third-order valence-corrected chi connectivity index (χ3v) is 5.89. The summed E-state index contributed by atoms with van der Waals surface area (Å²) in [6, 6.07) is 5.85. The molecule has 3 heterocycles. The topological polar surface area (TPSA) is 92.5 Å². The van der Waals surface area contributed by atoms with Crippen LogP contribution in [0.2, 0.25) is 0 Å². The zero-order chi connectivity index (χ0) is 20.1. The molecule has 0 unspecified atom stereocenters. The van der Waals surface area contributed by atoms with Crippen LogP contribution in [0, 0.1) is 13.8 Å². The maximum Gasteiger partial charge on any atom is 0.256 e. The molecule has 10 heteroatoms. The number of fused-ring (bicyclic) bond motifs is 1. The van der Waals surface area contributed by atoms with Crippen molar-refractivity contribution in [3.05, 3.63) is 39.8 Å². The quantitative estimate of drug-likeness (QED) is 0.563. The van der Waals surface area contributed by atoms with Crippen molar-refractivity contribution in [3.63, 3.8) is 0 Å². The third-order valence-electron chi connectivity index (χ3n) is 4.10. The first-order valence-electron chi connectivity index (χ1n) is 8.87. The number of thiophene rings is 1. The Balaban J connectivity index is 1.56. The van der Waals surface area contributed by atoms with E-state index >= 15 is 0 Å². The molecule has 0 aliphatic heterocycles. The van der Waals surface area contributed by atoms with E-state index in [1.165, 1.54) is 16.7 Å². The Hall–Kier alpha value is -2.46. The van der Waals surface area contributed by atoms with Crippen molar-refractivity contribution in [1.29, 1.82) is 0 Å². The molecule has 0 aliphatic carbocycles. The Morgan fingerprint density at radius 2 is 2.14 bits per heavy atom. The summed E-state index contributed by atoms with van der Waals surface area (Å²) in [6.07, 6.45) is 0.